The maximum Gasteiger partial charge on any atom is 0.262 e. The van der Waals surface area contributed by atoms with Crippen molar-refractivity contribution in [1.82, 2.24) is 24.5 Å². The highest BCUT2D eigenvalue weighted by molar-refractivity contribution is 9.10. The van der Waals surface area contributed by atoms with Gasteiger partial charge in [-0.25, -0.2) is 8.42 Å². The lowest BCUT2D eigenvalue weighted by atomic mass is 10.3. The van der Waals surface area contributed by atoms with Crippen LogP contribution in [-0.2, 0) is 16.6 Å². The van der Waals surface area contributed by atoms with E-state index in [0.717, 1.165) is 16.6 Å². The summed E-state index contributed by atoms with van der Waals surface area (Å²) >= 11 is 3.30. The van der Waals surface area contributed by atoms with Crippen LogP contribution in [0.25, 0.3) is 5.82 Å². The van der Waals surface area contributed by atoms with E-state index in [0.29, 0.717) is 18.1 Å². The highest BCUT2D eigenvalue weighted by Gasteiger charge is 2.22. The van der Waals surface area contributed by atoms with Crippen LogP contribution in [0.2, 0.25) is 0 Å². The van der Waals surface area contributed by atoms with Crippen molar-refractivity contribution in [3.63, 3.8) is 0 Å². The predicted molar refractivity (Wildman–Crippen MR) is 97.1 cm³/mol. The van der Waals surface area contributed by atoms with Crippen molar-refractivity contribution < 1.29 is 8.42 Å². The molecule has 2 aromatic heterocycles. The Kier molecular flexibility index (Phi) is 4.91. The lowest BCUT2D eigenvalue weighted by molar-refractivity contribution is 0.583. The molecule has 8 nitrogen and oxygen atoms in total. The van der Waals surface area contributed by atoms with Gasteiger partial charge < -0.3 is 0 Å². The average Bonchev–Trinajstić information content (AvgIpc) is 3.19. The van der Waals surface area contributed by atoms with Gasteiger partial charge in [-0.05, 0) is 37.6 Å². The summed E-state index contributed by atoms with van der Waals surface area (Å²) in [6, 6.07) is 6.44. The number of halogens is 1. The number of hydrogen-bond acceptors (Lipinski definition) is 5. The maximum absolute atomic E-state index is 12.8. The van der Waals surface area contributed by atoms with E-state index in [1.54, 1.807) is 21.4 Å². The summed E-state index contributed by atoms with van der Waals surface area (Å²) in [7, 11) is -3.75. The average molecular weight is 425 g/mol. The molecule has 1 aromatic carbocycles. The summed E-state index contributed by atoms with van der Waals surface area (Å²) in [5.74, 6) is 0.441. The molecule has 0 fully saturated rings. The van der Waals surface area contributed by atoms with Crippen molar-refractivity contribution in [2.45, 2.75) is 31.7 Å². The smallest absolute Gasteiger partial charge is 0.262 e. The van der Waals surface area contributed by atoms with Gasteiger partial charge in [0.05, 0.1) is 10.6 Å². The van der Waals surface area contributed by atoms with Gasteiger partial charge in [0, 0.05) is 11.0 Å². The van der Waals surface area contributed by atoms with Gasteiger partial charge in [-0.1, -0.05) is 22.9 Å². The molecular formula is C15H17BrN6O2S. The standard InChI is InChI=1S/C15H17BrN6O2S/c1-3-8-22-11(2)14(15(19-22)21-9-17-18-10-21)20-25(23,24)13-6-4-12(16)5-7-13/h4-7,9-10,20H,3,8H2,1-2H3. The van der Waals surface area contributed by atoms with E-state index >= 15 is 0 Å². The quantitative estimate of drug-likeness (QED) is 0.656. The highest BCUT2D eigenvalue weighted by Crippen LogP contribution is 2.27. The number of rotatable bonds is 6. The van der Waals surface area contributed by atoms with E-state index in [1.807, 2.05) is 13.8 Å². The van der Waals surface area contributed by atoms with Crippen molar-refractivity contribution in [3.8, 4) is 5.82 Å². The summed E-state index contributed by atoms with van der Waals surface area (Å²) in [6.45, 7) is 4.54. The second-order valence-corrected chi connectivity index (χ2v) is 8.03. The first kappa shape index (κ1) is 17.6. The van der Waals surface area contributed by atoms with Gasteiger partial charge in [0.1, 0.15) is 18.3 Å². The molecule has 0 aliphatic carbocycles. The van der Waals surface area contributed by atoms with Crippen molar-refractivity contribution in [1.29, 1.82) is 0 Å². The Morgan fingerprint density at radius 3 is 2.40 bits per heavy atom. The van der Waals surface area contributed by atoms with Gasteiger partial charge in [0.15, 0.2) is 5.82 Å². The monoisotopic (exact) mass is 424 g/mol. The first-order chi connectivity index (χ1) is 11.9. The fourth-order valence-electron chi connectivity index (χ4n) is 2.38. The minimum absolute atomic E-state index is 0.174. The Bertz CT molecular complexity index is 964. The molecule has 0 saturated heterocycles. The van der Waals surface area contributed by atoms with E-state index in [2.05, 4.69) is 35.9 Å². The summed E-state index contributed by atoms with van der Waals surface area (Å²) < 4.78 is 32.3. The maximum atomic E-state index is 12.8. The Hall–Kier alpha value is -2.20. The van der Waals surface area contributed by atoms with E-state index in [-0.39, 0.29) is 4.90 Å². The molecule has 132 valence electrons. The van der Waals surface area contributed by atoms with Crippen LogP contribution >= 0.6 is 15.9 Å². The zero-order chi connectivity index (χ0) is 18.0. The van der Waals surface area contributed by atoms with Crippen LogP contribution in [0.4, 0.5) is 5.69 Å². The minimum Gasteiger partial charge on any atom is -0.274 e. The summed E-state index contributed by atoms with van der Waals surface area (Å²) in [5.41, 5.74) is 1.14. The fourth-order valence-corrected chi connectivity index (χ4v) is 3.76. The van der Waals surface area contributed by atoms with E-state index < -0.39 is 10.0 Å². The molecule has 3 aromatic rings. The molecule has 0 saturated carbocycles. The Morgan fingerprint density at radius 1 is 1.16 bits per heavy atom. The Balaban J connectivity index is 2.05. The van der Waals surface area contributed by atoms with Crippen LogP contribution in [0.3, 0.4) is 0 Å². The summed E-state index contributed by atoms with van der Waals surface area (Å²) in [6.07, 6.45) is 3.84. The van der Waals surface area contributed by atoms with Crippen LogP contribution in [-0.4, -0.2) is 33.0 Å². The van der Waals surface area contributed by atoms with Gasteiger partial charge in [-0.15, -0.1) is 10.2 Å². The van der Waals surface area contributed by atoms with Gasteiger partial charge in [-0.2, -0.15) is 5.10 Å². The number of nitrogens with one attached hydrogen (secondary N) is 1. The van der Waals surface area contributed by atoms with Crippen LogP contribution in [0, 0.1) is 6.92 Å². The lowest BCUT2D eigenvalue weighted by Crippen LogP contribution is -2.14. The summed E-state index contributed by atoms with van der Waals surface area (Å²) in [4.78, 5) is 0.174. The van der Waals surface area contributed by atoms with Crippen molar-refractivity contribution in [3.05, 3.63) is 47.1 Å². The first-order valence-corrected chi connectivity index (χ1v) is 9.91. The molecule has 0 amide bonds. The number of aromatic nitrogens is 5. The molecule has 0 radical (unpaired) electrons. The lowest BCUT2D eigenvalue weighted by Gasteiger charge is -2.10. The SMILES string of the molecule is CCCn1nc(-n2cnnc2)c(NS(=O)(=O)c2ccc(Br)cc2)c1C. The normalized spacial score (nSPS) is 11.6. The third-order valence-electron chi connectivity index (χ3n) is 3.65. The second kappa shape index (κ2) is 6.96. The molecule has 0 unspecified atom stereocenters. The third kappa shape index (κ3) is 3.59. The van der Waals surface area contributed by atoms with Crippen LogP contribution < -0.4 is 4.72 Å². The van der Waals surface area contributed by atoms with Crippen molar-refractivity contribution in [2.75, 3.05) is 4.72 Å². The molecule has 0 aliphatic rings. The molecule has 1 N–H and O–H groups in total. The van der Waals surface area contributed by atoms with Crippen molar-refractivity contribution >= 4 is 31.6 Å². The molecule has 0 bridgehead atoms. The molecule has 0 atom stereocenters. The van der Waals surface area contributed by atoms with Gasteiger partial charge in [-0.3, -0.25) is 14.0 Å². The minimum atomic E-state index is -3.75. The zero-order valence-corrected chi connectivity index (χ0v) is 16.1. The molecule has 3 rings (SSSR count). The number of benzene rings is 1. The molecule has 0 aliphatic heterocycles. The van der Waals surface area contributed by atoms with Crippen LogP contribution in [0.1, 0.15) is 19.0 Å². The number of nitrogens with zero attached hydrogens (tertiary/aromatic N) is 5. The molecule has 2 heterocycles. The second-order valence-electron chi connectivity index (χ2n) is 5.44. The van der Waals surface area contributed by atoms with Gasteiger partial charge in [0.2, 0.25) is 0 Å². The number of hydrogen-bond donors (Lipinski definition) is 1. The fraction of sp³-hybridized carbons (Fsp3) is 0.267. The Morgan fingerprint density at radius 2 is 1.80 bits per heavy atom. The molecule has 10 heteroatoms. The highest BCUT2D eigenvalue weighted by atomic mass is 79.9. The molecule has 0 spiro atoms. The largest absolute Gasteiger partial charge is 0.274 e. The van der Waals surface area contributed by atoms with E-state index in [4.69, 9.17) is 0 Å². The predicted octanol–water partition coefficient (Wildman–Crippen LogP) is 2.75. The summed E-state index contributed by atoms with van der Waals surface area (Å²) in [5, 5.41) is 12.0. The Labute approximate surface area is 154 Å². The van der Waals surface area contributed by atoms with Gasteiger partial charge in [0.25, 0.3) is 10.0 Å². The third-order valence-corrected chi connectivity index (χ3v) is 5.54. The number of anilines is 1. The zero-order valence-electron chi connectivity index (χ0n) is 13.7. The molecular weight excluding hydrogens is 408 g/mol. The number of sulfonamides is 1. The van der Waals surface area contributed by atoms with E-state index in [1.165, 1.54) is 24.8 Å². The van der Waals surface area contributed by atoms with Crippen LogP contribution in [0.5, 0.6) is 0 Å². The topological polar surface area (TPSA) is 94.7 Å². The van der Waals surface area contributed by atoms with Crippen LogP contribution in [0.15, 0.2) is 46.3 Å². The first-order valence-electron chi connectivity index (χ1n) is 7.63. The van der Waals surface area contributed by atoms with Crippen molar-refractivity contribution in [2.24, 2.45) is 0 Å². The van der Waals surface area contributed by atoms with Gasteiger partial charge >= 0.3 is 0 Å². The molecule has 25 heavy (non-hydrogen) atoms. The number of aryl methyl sites for hydroxylation is 1. The van der Waals surface area contributed by atoms with E-state index in [9.17, 15) is 8.42 Å².